The number of anilines is 2. The molecule has 0 fully saturated rings. The van der Waals surface area contributed by atoms with E-state index in [1.54, 1.807) is 6.92 Å². The second kappa shape index (κ2) is 7.74. The molecule has 0 bridgehead atoms. The number of carbonyl (C=O) groups is 1. The maximum atomic E-state index is 11.4. The molecule has 0 saturated carbocycles. The molecule has 0 unspecified atom stereocenters. The van der Waals surface area contributed by atoms with Crippen molar-refractivity contribution in [1.29, 1.82) is 0 Å². The first-order valence-electron chi connectivity index (χ1n) is 8.50. The van der Waals surface area contributed by atoms with Crippen LogP contribution in [-0.2, 0) is 6.42 Å². The third-order valence-electron chi connectivity index (χ3n) is 4.15. The van der Waals surface area contributed by atoms with Gasteiger partial charge in [-0.2, -0.15) is 0 Å². The molecule has 3 aromatic rings. The summed E-state index contributed by atoms with van der Waals surface area (Å²) in [5.41, 5.74) is 4.45. The summed E-state index contributed by atoms with van der Waals surface area (Å²) in [5.74, 6) is 1.48. The number of ketones is 1. The molecule has 0 spiro atoms. The van der Waals surface area contributed by atoms with Gasteiger partial charge < -0.3 is 5.32 Å². The van der Waals surface area contributed by atoms with Gasteiger partial charge in [-0.1, -0.05) is 36.4 Å². The van der Waals surface area contributed by atoms with Crippen LogP contribution in [0.1, 0.15) is 28.5 Å². The molecule has 0 saturated heterocycles. The Balaban J connectivity index is 2.01. The van der Waals surface area contributed by atoms with Crippen LogP contribution in [0, 0.1) is 6.92 Å². The molecule has 0 aliphatic rings. The second-order valence-electron chi connectivity index (χ2n) is 6.08. The molecule has 4 nitrogen and oxygen atoms in total. The molecule has 1 aromatic heterocycles. The maximum absolute atomic E-state index is 11.4. The zero-order valence-corrected chi connectivity index (χ0v) is 15.0. The molecule has 3 rings (SSSR count). The average molecular weight is 343 g/mol. The highest BCUT2D eigenvalue weighted by Gasteiger charge is 2.12. The first kappa shape index (κ1) is 17.5. The SMILES string of the molecule is C=CCc1c(C)nc(-c2ccccc2)nc1Nc1ccc(C(C)=O)cc1. The third-order valence-corrected chi connectivity index (χ3v) is 4.15. The van der Waals surface area contributed by atoms with Crippen molar-refractivity contribution in [3.8, 4) is 11.4 Å². The predicted molar refractivity (Wildman–Crippen MR) is 106 cm³/mol. The fourth-order valence-corrected chi connectivity index (χ4v) is 2.73. The molecule has 0 radical (unpaired) electrons. The zero-order valence-electron chi connectivity index (χ0n) is 15.0. The number of carbonyl (C=O) groups excluding carboxylic acids is 1. The molecule has 2 aromatic carbocycles. The normalized spacial score (nSPS) is 10.4. The number of aromatic nitrogens is 2. The van der Waals surface area contributed by atoms with E-state index in [-0.39, 0.29) is 5.78 Å². The van der Waals surface area contributed by atoms with Crippen molar-refractivity contribution < 1.29 is 4.79 Å². The van der Waals surface area contributed by atoms with Gasteiger partial charge in [0.15, 0.2) is 11.6 Å². The van der Waals surface area contributed by atoms with Crippen molar-refractivity contribution >= 4 is 17.3 Å². The Bertz CT molecular complexity index is 932. The summed E-state index contributed by atoms with van der Waals surface area (Å²) >= 11 is 0. The number of hydrogen-bond acceptors (Lipinski definition) is 4. The smallest absolute Gasteiger partial charge is 0.161 e. The Morgan fingerprint density at radius 1 is 1.08 bits per heavy atom. The van der Waals surface area contributed by atoms with Gasteiger partial charge in [0.25, 0.3) is 0 Å². The van der Waals surface area contributed by atoms with Crippen LogP contribution >= 0.6 is 0 Å². The van der Waals surface area contributed by atoms with E-state index in [1.807, 2.05) is 67.6 Å². The maximum Gasteiger partial charge on any atom is 0.161 e. The number of Topliss-reactive ketones (excluding diaryl/α,β-unsaturated/α-hetero) is 1. The molecule has 0 aliphatic carbocycles. The summed E-state index contributed by atoms with van der Waals surface area (Å²) in [6.45, 7) is 7.38. The molecular weight excluding hydrogens is 322 g/mol. The van der Waals surface area contributed by atoms with Gasteiger partial charge in [-0.3, -0.25) is 4.79 Å². The Morgan fingerprint density at radius 2 is 1.77 bits per heavy atom. The number of benzene rings is 2. The molecule has 0 amide bonds. The van der Waals surface area contributed by atoms with Gasteiger partial charge in [0.2, 0.25) is 0 Å². The van der Waals surface area contributed by atoms with Gasteiger partial charge in [-0.15, -0.1) is 6.58 Å². The van der Waals surface area contributed by atoms with E-state index in [2.05, 4.69) is 16.9 Å². The Morgan fingerprint density at radius 3 is 2.38 bits per heavy atom. The summed E-state index contributed by atoms with van der Waals surface area (Å²) in [7, 11) is 0. The molecule has 0 atom stereocenters. The number of aryl methyl sites for hydroxylation is 1. The predicted octanol–water partition coefficient (Wildman–Crippen LogP) is 5.13. The van der Waals surface area contributed by atoms with Crippen LogP contribution in [0.4, 0.5) is 11.5 Å². The van der Waals surface area contributed by atoms with Crippen LogP contribution in [0.5, 0.6) is 0 Å². The fourth-order valence-electron chi connectivity index (χ4n) is 2.73. The summed E-state index contributed by atoms with van der Waals surface area (Å²) in [6.07, 6.45) is 2.52. The van der Waals surface area contributed by atoms with Crippen LogP contribution < -0.4 is 5.32 Å². The van der Waals surface area contributed by atoms with Crippen LogP contribution in [0.2, 0.25) is 0 Å². The monoisotopic (exact) mass is 343 g/mol. The molecule has 0 aliphatic heterocycles. The minimum atomic E-state index is 0.0492. The van der Waals surface area contributed by atoms with E-state index < -0.39 is 0 Å². The molecule has 1 N–H and O–H groups in total. The minimum absolute atomic E-state index is 0.0492. The van der Waals surface area contributed by atoms with Gasteiger partial charge in [0.1, 0.15) is 5.82 Å². The highest BCUT2D eigenvalue weighted by Crippen LogP contribution is 2.26. The van der Waals surface area contributed by atoms with Gasteiger partial charge in [-0.05, 0) is 44.5 Å². The molecule has 1 heterocycles. The van der Waals surface area contributed by atoms with Crippen molar-refractivity contribution in [1.82, 2.24) is 9.97 Å². The van der Waals surface area contributed by atoms with Gasteiger partial charge in [0.05, 0.1) is 0 Å². The number of allylic oxidation sites excluding steroid dienone is 1. The van der Waals surface area contributed by atoms with E-state index in [1.165, 1.54) is 0 Å². The number of nitrogens with one attached hydrogen (secondary N) is 1. The first-order valence-corrected chi connectivity index (χ1v) is 8.50. The van der Waals surface area contributed by atoms with Crippen LogP contribution in [0.15, 0.2) is 67.3 Å². The minimum Gasteiger partial charge on any atom is -0.340 e. The van der Waals surface area contributed by atoms with Crippen LogP contribution in [0.3, 0.4) is 0 Å². The summed E-state index contributed by atoms with van der Waals surface area (Å²) in [6, 6.07) is 17.3. The van der Waals surface area contributed by atoms with Gasteiger partial charge in [-0.25, -0.2) is 9.97 Å². The topological polar surface area (TPSA) is 54.9 Å². The zero-order chi connectivity index (χ0) is 18.5. The third kappa shape index (κ3) is 3.86. The van der Waals surface area contributed by atoms with Gasteiger partial charge >= 0.3 is 0 Å². The summed E-state index contributed by atoms with van der Waals surface area (Å²) in [5, 5.41) is 3.36. The Hall–Kier alpha value is -3.27. The van der Waals surface area contributed by atoms with E-state index in [0.29, 0.717) is 17.8 Å². The lowest BCUT2D eigenvalue weighted by atomic mass is 10.1. The lowest BCUT2D eigenvalue weighted by Gasteiger charge is -2.14. The number of rotatable bonds is 6. The standard InChI is InChI=1S/C22H21N3O/c1-4-8-20-15(2)23-21(18-9-6-5-7-10-18)25-22(20)24-19-13-11-17(12-14-19)16(3)26/h4-7,9-14H,1,8H2,2-3H3,(H,23,24,25). The summed E-state index contributed by atoms with van der Waals surface area (Å²) < 4.78 is 0. The number of nitrogens with zero attached hydrogens (tertiary/aromatic N) is 2. The highest BCUT2D eigenvalue weighted by molar-refractivity contribution is 5.94. The largest absolute Gasteiger partial charge is 0.340 e. The van der Waals surface area contributed by atoms with Crippen molar-refractivity contribution in [3.05, 3.63) is 84.1 Å². The van der Waals surface area contributed by atoms with Crippen LogP contribution in [0.25, 0.3) is 11.4 Å². The average Bonchev–Trinajstić information content (AvgIpc) is 2.65. The second-order valence-corrected chi connectivity index (χ2v) is 6.08. The molecule has 26 heavy (non-hydrogen) atoms. The van der Waals surface area contributed by atoms with Crippen molar-refractivity contribution in [2.24, 2.45) is 0 Å². The van der Waals surface area contributed by atoms with E-state index in [0.717, 1.165) is 28.3 Å². The van der Waals surface area contributed by atoms with E-state index >= 15 is 0 Å². The molecular formula is C22H21N3O. The lowest BCUT2D eigenvalue weighted by Crippen LogP contribution is -2.05. The Labute approximate surface area is 153 Å². The summed E-state index contributed by atoms with van der Waals surface area (Å²) in [4.78, 5) is 20.8. The molecule has 4 heteroatoms. The van der Waals surface area contributed by atoms with Gasteiger partial charge in [0, 0.05) is 28.1 Å². The van der Waals surface area contributed by atoms with E-state index in [4.69, 9.17) is 4.98 Å². The lowest BCUT2D eigenvalue weighted by molar-refractivity contribution is 0.101. The molecule has 130 valence electrons. The van der Waals surface area contributed by atoms with E-state index in [9.17, 15) is 4.79 Å². The van der Waals surface area contributed by atoms with Crippen molar-refractivity contribution in [2.45, 2.75) is 20.3 Å². The van der Waals surface area contributed by atoms with Crippen LogP contribution in [-0.4, -0.2) is 15.8 Å². The highest BCUT2D eigenvalue weighted by atomic mass is 16.1. The number of hydrogen-bond donors (Lipinski definition) is 1. The quantitative estimate of drug-likeness (QED) is 0.498. The first-order chi connectivity index (χ1) is 12.6. The van der Waals surface area contributed by atoms with Crippen molar-refractivity contribution in [3.63, 3.8) is 0 Å². The Kier molecular flexibility index (Phi) is 5.23. The van der Waals surface area contributed by atoms with Crippen molar-refractivity contribution in [2.75, 3.05) is 5.32 Å². The fraction of sp³-hybridized carbons (Fsp3) is 0.136.